The van der Waals surface area contributed by atoms with Crippen LogP contribution in [-0.4, -0.2) is 15.4 Å². The second kappa shape index (κ2) is 7.88. The minimum Gasteiger partial charge on any atom is -0.373 e. The summed E-state index contributed by atoms with van der Waals surface area (Å²) in [7, 11) is -0.850. The highest BCUT2D eigenvalue weighted by molar-refractivity contribution is 7.83. The van der Waals surface area contributed by atoms with Crippen LogP contribution in [0.3, 0.4) is 0 Å². The Kier molecular flexibility index (Phi) is 5.39. The molecular formula is C20H20N2OS. The molecule has 3 rings (SSSR count). The van der Waals surface area contributed by atoms with Crippen LogP contribution < -0.4 is 5.32 Å². The lowest BCUT2D eigenvalue weighted by Gasteiger charge is -2.20. The molecule has 0 amide bonds. The summed E-state index contributed by atoms with van der Waals surface area (Å²) < 4.78 is 11.5. The summed E-state index contributed by atoms with van der Waals surface area (Å²) in [6.07, 6.45) is 3.53. The molecule has 0 fully saturated rings. The Bertz CT molecular complexity index is 767. The lowest BCUT2D eigenvalue weighted by atomic mass is 10.0. The van der Waals surface area contributed by atoms with E-state index in [0.717, 1.165) is 22.5 Å². The lowest BCUT2D eigenvalue weighted by molar-refractivity contribution is 0.686. The molecule has 0 aliphatic heterocycles. The van der Waals surface area contributed by atoms with Gasteiger partial charge in [0, 0.05) is 34.7 Å². The van der Waals surface area contributed by atoms with Gasteiger partial charge >= 0.3 is 0 Å². The summed E-state index contributed by atoms with van der Waals surface area (Å²) in [5.74, 6) is 0.565. The molecule has 0 aliphatic rings. The average Bonchev–Trinajstić information content (AvgIpc) is 2.61. The number of hydrogen-bond donors (Lipinski definition) is 1. The standard InChI is InChI=1S/C20H20N2OS/c1-24(23)15-16-8-7-11-18(14-16)22-20(17-9-3-2-4-10-17)19-12-5-6-13-21-19/h2-14,20,22H,15H2,1H3/t20-,24-/m0/s1. The number of hydrogen-bond acceptors (Lipinski definition) is 3. The normalized spacial score (nSPS) is 13.2. The molecule has 1 aromatic heterocycles. The molecule has 0 bridgehead atoms. The first kappa shape index (κ1) is 16.4. The van der Waals surface area contributed by atoms with E-state index in [4.69, 9.17) is 0 Å². The topological polar surface area (TPSA) is 42.0 Å². The molecule has 1 heterocycles. The van der Waals surface area contributed by atoms with Crippen LogP contribution >= 0.6 is 0 Å². The van der Waals surface area contributed by atoms with E-state index in [9.17, 15) is 4.21 Å². The SMILES string of the molecule is C[S@](=O)Cc1cccc(N[C@@H](c2ccccc2)c2ccccn2)c1. The third-order valence-corrected chi connectivity index (χ3v) is 4.46. The molecule has 3 aromatic rings. The van der Waals surface area contributed by atoms with Crippen LogP contribution in [0.5, 0.6) is 0 Å². The van der Waals surface area contributed by atoms with Gasteiger partial charge in [-0.25, -0.2) is 0 Å². The van der Waals surface area contributed by atoms with E-state index < -0.39 is 10.8 Å². The molecule has 0 unspecified atom stereocenters. The van der Waals surface area contributed by atoms with Crippen molar-refractivity contribution in [2.75, 3.05) is 11.6 Å². The van der Waals surface area contributed by atoms with Crippen molar-refractivity contribution in [3.05, 3.63) is 95.8 Å². The number of anilines is 1. The fourth-order valence-electron chi connectivity index (χ4n) is 2.67. The second-order valence-corrected chi connectivity index (χ2v) is 7.10. The van der Waals surface area contributed by atoms with E-state index in [0.29, 0.717) is 5.75 Å². The van der Waals surface area contributed by atoms with E-state index >= 15 is 0 Å². The lowest BCUT2D eigenvalue weighted by Crippen LogP contribution is -2.13. The van der Waals surface area contributed by atoms with Crippen LogP contribution in [0, 0.1) is 0 Å². The van der Waals surface area contributed by atoms with Gasteiger partial charge in [0.25, 0.3) is 0 Å². The van der Waals surface area contributed by atoms with Crippen LogP contribution in [0.15, 0.2) is 79.0 Å². The highest BCUT2D eigenvalue weighted by atomic mass is 32.2. The summed E-state index contributed by atoms with van der Waals surface area (Å²) >= 11 is 0. The van der Waals surface area contributed by atoms with Gasteiger partial charge in [0.1, 0.15) is 0 Å². The maximum atomic E-state index is 11.5. The quantitative estimate of drug-likeness (QED) is 0.735. The van der Waals surface area contributed by atoms with E-state index in [1.165, 1.54) is 0 Å². The van der Waals surface area contributed by atoms with Gasteiger partial charge in [0.2, 0.25) is 0 Å². The summed E-state index contributed by atoms with van der Waals surface area (Å²) in [6.45, 7) is 0. The minimum atomic E-state index is -0.850. The van der Waals surface area contributed by atoms with Gasteiger partial charge in [-0.1, -0.05) is 48.5 Å². The summed E-state index contributed by atoms with van der Waals surface area (Å²) in [5, 5.41) is 3.56. The monoisotopic (exact) mass is 336 g/mol. The first-order chi connectivity index (χ1) is 11.7. The molecule has 4 heteroatoms. The molecule has 0 radical (unpaired) electrons. The van der Waals surface area contributed by atoms with Gasteiger partial charge < -0.3 is 5.32 Å². The number of aromatic nitrogens is 1. The smallest absolute Gasteiger partial charge is 0.0940 e. The maximum Gasteiger partial charge on any atom is 0.0940 e. The zero-order valence-corrected chi connectivity index (χ0v) is 14.4. The molecule has 0 saturated heterocycles. The average molecular weight is 336 g/mol. The zero-order chi connectivity index (χ0) is 16.8. The Morgan fingerprint density at radius 1 is 1.00 bits per heavy atom. The second-order valence-electron chi connectivity index (χ2n) is 5.66. The molecular weight excluding hydrogens is 316 g/mol. The van der Waals surface area contributed by atoms with Gasteiger partial charge in [-0.15, -0.1) is 0 Å². The first-order valence-corrected chi connectivity index (χ1v) is 9.56. The molecule has 2 aromatic carbocycles. The Labute approximate surface area is 145 Å². The first-order valence-electron chi connectivity index (χ1n) is 7.84. The fraction of sp³-hybridized carbons (Fsp3) is 0.150. The largest absolute Gasteiger partial charge is 0.373 e. The molecule has 0 aliphatic carbocycles. The van der Waals surface area contributed by atoms with E-state index in [1.807, 2.05) is 60.8 Å². The van der Waals surface area contributed by atoms with Gasteiger partial charge in [-0.2, -0.15) is 0 Å². The van der Waals surface area contributed by atoms with Crippen LogP contribution in [-0.2, 0) is 16.6 Å². The Morgan fingerprint density at radius 3 is 2.50 bits per heavy atom. The summed E-state index contributed by atoms with van der Waals surface area (Å²) in [5.41, 5.74) is 4.18. The van der Waals surface area contributed by atoms with Crippen molar-refractivity contribution < 1.29 is 4.21 Å². The predicted molar refractivity (Wildman–Crippen MR) is 100 cm³/mol. The Morgan fingerprint density at radius 2 is 1.79 bits per heavy atom. The van der Waals surface area contributed by atoms with Crippen LogP contribution in [0.25, 0.3) is 0 Å². The number of pyridine rings is 1. The van der Waals surface area contributed by atoms with Crippen molar-refractivity contribution in [1.82, 2.24) is 4.98 Å². The third kappa shape index (κ3) is 4.30. The van der Waals surface area contributed by atoms with Crippen molar-refractivity contribution in [2.24, 2.45) is 0 Å². The third-order valence-electron chi connectivity index (χ3n) is 3.72. The van der Waals surface area contributed by atoms with Crippen molar-refractivity contribution in [3.8, 4) is 0 Å². The summed E-state index contributed by atoms with van der Waals surface area (Å²) in [6, 6.07) is 24.2. The van der Waals surface area contributed by atoms with E-state index in [-0.39, 0.29) is 6.04 Å². The molecule has 3 nitrogen and oxygen atoms in total. The van der Waals surface area contributed by atoms with Gasteiger partial charge in [0.15, 0.2) is 0 Å². The van der Waals surface area contributed by atoms with E-state index in [2.05, 4.69) is 28.5 Å². The Balaban J connectivity index is 1.92. The highest BCUT2D eigenvalue weighted by Crippen LogP contribution is 2.25. The fourth-order valence-corrected chi connectivity index (χ4v) is 3.32. The Hall–Kier alpha value is -2.46. The zero-order valence-electron chi connectivity index (χ0n) is 13.6. The molecule has 1 N–H and O–H groups in total. The molecule has 122 valence electrons. The summed E-state index contributed by atoms with van der Waals surface area (Å²) in [4.78, 5) is 4.51. The van der Waals surface area contributed by atoms with Crippen molar-refractivity contribution >= 4 is 16.5 Å². The van der Waals surface area contributed by atoms with Crippen molar-refractivity contribution in [2.45, 2.75) is 11.8 Å². The molecule has 24 heavy (non-hydrogen) atoms. The molecule has 0 saturated carbocycles. The highest BCUT2D eigenvalue weighted by Gasteiger charge is 2.15. The number of rotatable bonds is 6. The van der Waals surface area contributed by atoms with Gasteiger partial charge in [0.05, 0.1) is 11.7 Å². The maximum absolute atomic E-state index is 11.5. The molecule has 2 atom stereocenters. The van der Waals surface area contributed by atoms with Crippen LogP contribution in [0.4, 0.5) is 5.69 Å². The van der Waals surface area contributed by atoms with Crippen LogP contribution in [0.1, 0.15) is 22.9 Å². The van der Waals surface area contributed by atoms with Crippen molar-refractivity contribution in [1.29, 1.82) is 0 Å². The van der Waals surface area contributed by atoms with Gasteiger partial charge in [-0.05, 0) is 35.4 Å². The van der Waals surface area contributed by atoms with Crippen LogP contribution in [0.2, 0.25) is 0 Å². The number of nitrogens with zero attached hydrogens (tertiary/aromatic N) is 1. The van der Waals surface area contributed by atoms with E-state index in [1.54, 1.807) is 6.26 Å². The van der Waals surface area contributed by atoms with Crippen molar-refractivity contribution in [3.63, 3.8) is 0 Å². The number of nitrogens with one attached hydrogen (secondary N) is 1. The number of benzene rings is 2. The molecule has 0 spiro atoms. The minimum absolute atomic E-state index is 0.0326. The van der Waals surface area contributed by atoms with Gasteiger partial charge in [-0.3, -0.25) is 9.19 Å². The predicted octanol–water partition coefficient (Wildman–Crippen LogP) is 4.16.